The highest BCUT2D eigenvalue weighted by molar-refractivity contribution is 9.10. The van der Waals surface area contributed by atoms with Crippen molar-refractivity contribution >= 4 is 79.6 Å². The number of aryl methyl sites for hydroxylation is 1. The Bertz CT molecular complexity index is 3220. The Morgan fingerprint density at radius 1 is 0.901 bits per heavy atom. The van der Waals surface area contributed by atoms with Gasteiger partial charge < -0.3 is 51.1 Å². The Morgan fingerprint density at radius 2 is 1.59 bits per heavy atom. The number of nitrogens with zero attached hydrogens (tertiary/aromatic N) is 4. The van der Waals surface area contributed by atoms with Crippen molar-refractivity contribution in [1.82, 2.24) is 30.8 Å². The summed E-state index contributed by atoms with van der Waals surface area (Å²) in [6.45, 7) is 8.57. The van der Waals surface area contributed by atoms with Crippen LogP contribution in [-0.2, 0) is 57.8 Å². The molecule has 0 saturated carbocycles. The first-order valence-electron chi connectivity index (χ1n) is 26.8. The first-order valence-corrected chi connectivity index (χ1v) is 27.6. The fourth-order valence-electron chi connectivity index (χ4n) is 9.18. The average molecular weight is 1170 g/mol. The Balaban J connectivity index is 0.837. The van der Waals surface area contributed by atoms with E-state index in [0.717, 1.165) is 26.9 Å². The molecular formula is C59H68BrN10O11+. The van der Waals surface area contributed by atoms with E-state index in [4.69, 9.17) is 26.4 Å². The molecule has 7 N–H and O–H groups in total. The zero-order valence-electron chi connectivity index (χ0n) is 45.6. The molecule has 7 amide bonds. The molecule has 0 saturated heterocycles. The maximum Gasteiger partial charge on any atom is 0.312 e. The Labute approximate surface area is 477 Å². The molecular weight excluding hydrogens is 1100 g/mol. The van der Waals surface area contributed by atoms with E-state index >= 15 is 0 Å². The zero-order chi connectivity index (χ0) is 58.0. The van der Waals surface area contributed by atoms with E-state index in [2.05, 4.69) is 53.1 Å². The van der Waals surface area contributed by atoms with E-state index in [0.29, 0.717) is 71.6 Å². The first-order chi connectivity index (χ1) is 39.0. The van der Waals surface area contributed by atoms with E-state index in [-0.39, 0.29) is 125 Å². The number of ether oxygens (including phenoxy) is 3. The second-order valence-corrected chi connectivity index (χ2v) is 20.9. The van der Waals surface area contributed by atoms with Crippen LogP contribution in [0.5, 0.6) is 0 Å². The monoisotopic (exact) mass is 1170 g/mol. The van der Waals surface area contributed by atoms with Gasteiger partial charge in [0.25, 0.3) is 23.3 Å². The van der Waals surface area contributed by atoms with Gasteiger partial charge in [0, 0.05) is 94.6 Å². The van der Waals surface area contributed by atoms with Crippen LogP contribution in [0.25, 0.3) is 10.9 Å². The van der Waals surface area contributed by atoms with Gasteiger partial charge in [-0.15, -0.1) is 6.42 Å². The molecule has 0 spiro atoms. The number of pyridine rings is 1. The molecule has 22 heteroatoms. The highest BCUT2D eigenvalue weighted by atomic mass is 79.9. The molecule has 3 heterocycles. The fourth-order valence-corrected chi connectivity index (χ4v) is 9.64. The van der Waals surface area contributed by atoms with Gasteiger partial charge in [-0.05, 0) is 85.8 Å². The number of piperidine rings is 1. The van der Waals surface area contributed by atoms with Gasteiger partial charge in [0.05, 0.1) is 69.7 Å². The topological polar surface area (TPSA) is 277 Å². The van der Waals surface area contributed by atoms with Crippen molar-refractivity contribution < 1.29 is 52.3 Å². The number of rotatable bonds is 32. The van der Waals surface area contributed by atoms with Crippen molar-refractivity contribution in [3.63, 3.8) is 0 Å². The quantitative estimate of drug-likeness (QED) is 0.0150. The Hall–Kier alpha value is -8.10. The number of H-pyrrole nitrogens is 1. The van der Waals surface area contributed by atoms with Gasteiger partial charge in [-0.1, -0.05) is 47.8 Å². The number of aromatic amines is 1. The molecule has 5 aromatic rings. The summed E-state index contributed by atoms with van der Waals surface area (Å²) in [6, 6.07) is 20.4. The number of urea groups is 1. The number of benzene rings is 3. The van der Waals surface area contributed by atoms with Crippen molar-refractivity contribution in [1.29, 1.82) is 0 Å². The van der Waals surface area contributed by atoms with Gasteiger partial charge in [-0.2, -0.15) is 0 Å². The summed E-state index contributed by atoms with van der Waals surface area (Å²) in [7, 11) is 0. The lowest BCUT2D eigenvalue weighted by Gasteiger charge is -2.24. The second kappa shape index (κ2) is 29.4. The average Bonchev–Trinajstić information content (AvgIpc) is 4.34. The van der Waals surface area contributed by atoms with E-state index in [1.165, 1.54) is 4.90 Å². The van der Waals surface area contributed by atoms with Gasteiger partial charge in [-0.3, -0.25) is 38.5 Å². The predicted octanol–water partition coefficient (Wildman–Crippen LogP) is 4.51. The number of ketones is 1. The third-order valence-corrected chi connectivity index (χ3v) is 14.3. The lowest BCUT2D eigenvalue weighted by molar-refractivity contribution is -0.688. The fraction of sp³-hybridized carbons (Fsp3) is 0.390. The van der Waals surface area contributed by atoms with Crippen LogP contribution in [0.2, 0.25) is 0 Å². The molecule has 2 atom stereocenters. The van der Waals surface area contributed by atoms with Gasteiger partial charge in [0.15, 0.2) is 24.7 Å². The minimum absolute atomic E-state index is 0.00213. The van der Waals surface area contributed by atoms with E-state index in [1.807, 2.05) is 78.2 Å². The van der Waals surface area contributed by atoms with E-state index in [9.17, 15) is 38.4 Å². The third kappa shape index (κ3) is 17.7. The number of Topliss-reactive ketones (excluding diaryl/α,β-unsaturated/α-hetero) is 1. The van der Waals surface area contributed by atoms with Crippen LogP contribution in [0.3, 0.4) is 0 Å². The molecule has 2 aliphatic rings. The van der Waals surface area contributed by atoms with Crippen LogP contribution < -0.4 is 42.0 Å². The summed E-state index contributed by atoms with van der Waals surface area (Å²) >= 11 is 3.63. The number of likely N-dealkylation sites (tertiary alicyclic amines) is 1. The molecule has 0 bridgehead atoms. The van der Waals surface area contributed by atoms with Crippen molar-refractivity contribution in [2.45, 2.75) is 78.6 Å². The van der Waals surface area contributed by atoms with Crippen LogP contribution in [0, 0.1) is 31.1 Å². The molecule has 2 aromatic heterocycles. The molecule has 426 valence electrons. The number of nitrogens with one attached hydrogen (secondary N) is 5. The summed E-state index contributed by atoms with van der Waals surface area (Å²) in [6.07, 6.45) is 10.6. The highest BCUT2D eigenvalue weighted by Gasteiger charge is 2.46. The van der Waals surface area contributed by atoms with Gasteiger partial charge in [0.2, 0.25) is 11.8 Å². The van der Waals surface area contributed by atoms with E-state index in [1.54, 1.807) is 37.3 Å². The lowest BCUT2D eigenvalue weighted by Crippen LogP contribution is -2.45. The third-order valence-electron chi connectivity index (χ3n) is 13.5. The summed E-state index contributed by atoms with van der Waals surface area (Å²) in [5, 5.41) is 11.7. The minimum atomic E-state index is -0.859. The van der Waals surface area contributed by atoms with Gasteiger partial charge in [-0.25, -0.2) is 14.3 Å². The number of hydrogen-bond donors (Lipinski definition) is 6. The number of nitrogens with two attached hydrogens (primary N) is 1. The molecule has 1 aliphatic heterocycles. The van der Waals surface area contributed by atoms with E-state index < -0.39 is 18.0 Å². The standard InChI is InChI=1S/C59H67BrN10O11/c1-5-20-69(36-43-29-48-50(32-49(43)60)64-38(4)65-56(48)75)45-16-12-41(13-17-45)54(73)63-33-40-8-7-21-68(35-40)34-39-10-14-44(15-11-39)66-55(74)42(9-6-19-62-59(61)78)30-51(71)53(37(2)3)67-52(72)18-23-79-25-27-81-28-26-80-24-22-70-57(76)46-31-47(46)58(70)77/h1,7-8,10-17,21,29,32,35,37,42,53H,6,9,18-20,22-28,30-31,33-34,36H2,2-4H3,(H6-,61,62,63,64,65,66,67,72,73,74,75,78)/p+1/t42-,53+/m1/s1. The number of terminal acetylenes is 1. The lowest BCUT2D eigenvalue weighted by atomic mass is 9.89. The van der Waals surface area contributed by atoms with Crippen molar-refractivity contribution in [3.05, 3.63) is 139 Å². The van der Waals surface area contributed by atoms with Crippen LogP contribution in [0.4, 0.5) is 16.2 Å². The summed E-state index contributed by atoms with van der Waals surface area (Å²) in [5.41, 5.74) is 11.3. The largest absolute Gasteiger partial charge is 0.379 e. The predicted molar refractivity (Wildman–Crippen MR) is 305 cm³/mol. The molecule has 3 aromatic carbocycles. The number of amides is 7. The maximum absolute atomic E-state index is 13.8. The summed E-state index contributed by atoms with van der Waals surface area (Å²) < 4.78 is 19.3. The molecule has 0 unspecified atom stereocenters. The number of hydrogen-bond acceptors (Lipinski definition) is 13. The van der Waals surface area contributed by atoms with Crippen molar-refractivity contribution in [3.8, 4) is 12.3 Å². The second-order valence-electron chi connectivity index (χ2n) is 20.0. The number of primary amides is 1. The van der Waals surface area contributed by atoms with Gasteiger partial charge in [0.1, 0.15) is 5.82 Å². The van der Waals surface area contributed by atoms with Gasteiger partial charge >= 0.3 is 6.03 Å². The Kier molecular flexibility index (Phi) is 22.0. The normalized spacial score (nSPS) is 13.4. The first kappa shape index (κ1) is 60.5. The number of imide groups is 1. The maximum atomic E-state index is 13.8. The van der Waals surface area contributed by atoms with Crippen LogP contribution >= 0.6 is 15.9 Å². The van der Waals surface area contributed by atoms with Crippen molar-refractivity contribution in [2.75, 3.05) is 69.5 Å². The number of carbonyl (C=O) groups excluding carboxylic acids is 7. The van der Waals surface area contributed by atoms with Crippen LogP contribution in [-0.4, -0.2) is 122 Å². The molecule has 81 heavy (non-hydrogen) atoms. The highest BCUT2D eigenvalue weighted by Crippen LogP contribution is 2.40. The number of halogens is 1. The zero-order valence-corrected chi connectivity index (χ0v) is 47.2. The number of fused-ring (bicyclic) bond motifs is 1. The van der Waals surface area contributed by atoms with Crippen LogP contribution in [0.1, 0.15) is 78.8 Å². The number of aromatic nitrogens is 3. The van der Waals surface area contributed by atoms with Crippen LogP contribution in [0.15, 0.2) is 106 Å². The molecule has 21 nitrogen and oxygen atoms in total. The summed E-state index contributed by atoms with van der Waals surface area (Å²) in [5.74, 6) is 0.382. The molecule has 0 radical (unpaired) electrons. The molecule has 1 aliphatic carbocycles. The SMILES string of the molecule is C#CCN(Cc1cc2c(=O)[nH]c(C)nc2cc1Br)c1ccc(C(=O)NCc2ccc[n+](Cc3ccc(NC(=O)[C@H](CCCNC(N)=O)CC(=O)[C@@H](NC(=O)CCOCCOCCOCCN4C(=O)C5=C(C5)C4=O)C(C)C)cc3)c2)cc1. The molecule has 7 rings (SSSR count). The minimum Gasteiger partial charge on any atom is -0.379 e. The molecule has 0 fully saturated rings. The Morgan fingerprint density at radius 3 is 2.27 bits per heavy atom. The van der Waals surface area contributed by atoms with Crippen molar-refractivity contribution in [2.24, 2.45) is 17.6 Å². The smallest absolute Gasteiger partial charge is 0.312 e. The summed E-state index contributed by atoms with van der Waals surface area (Å²) in [4.78, 5) is 112. The number of carbonyl (C=O) groups is 7. The number of anilines is 2.